The Morgan fingerprint density at radius 2 is 2.28 bits per heavy atom. The van der Waals surface area contributed by atoms with E-state index in [1.165, 1.54) is 11.8 Å². The van der Waals surface area contributed by atoms with Gasteiger partial charge in [0.1, 0.15) is 10.9 Å². The number of amides is 1. The molecule has 0 spiro atoms. The highest BCUT2D eigenvalue weighted by molar-refractivity contribution is 7.98. The van der Waals surface area contributed by atoms with Crippen LogP contribution in [0, 0.1) is 6.92 Å². The predicted molar refractivity (Wildman–Crippen MR) is 73.2 cm³/mol. The Balaban J connectivity index is 2.72. The van der Waals surface area contributed by atoms with Crippen molar-refractivity contribution in [2.45, 2.75) is 19.4 Å². The molecule has 100 valence electrons. The van der Waals surface area contributed by atoms with Gasteiger partial charge in [-0.15, -0.1) is 0 Å². The van der Waals surface area contributed by atoms with Crippen molar-refractivity contribution < 1.29 is 14.7 Å². The summed E-state index contributed by atoms with van der Waals surface area (Å²) in [6.07, 6.45) is 2.27. The van der Waals surface area contributed by atoms with Gasteiger partial charge in [-0.3, -0.25) is 4.79 Å². The van der Waals surface area contributed by atoms with Crippen molar-refractivity contribution in [3.05, 3.63) is 10.6 Å². The number of thiazole rings is 1. The Kier molecular flexibility index (Phi) is 5.42. The molecule has 1 unspecified atom stereocenters. The number of aliphatic carboxylic acids is 1. The Morgan fingerprint density at radius 1 is 1.61 bits per heavy atom. The van der Waals surface area contributed by atoms with Crippen molar-refractivity contribution in [3.63, 3.8) is 0 Å². The highest BCUT2D eigenvalue weighted by atomic mass is 32.2. The molecule has 0 radical (unpaired) electrons. The molecule has 0 bridgehead atoms. The van der Waals surface area contributed by atoms with Crippen molar-refractivity contribution in [1.82, 2.24) is 10.3 Å². The number of rotatable bonds is 6. The minimum absolute atomic E-state index is 0.300. The largest absolute Gasteiger partial charge is 0.480 e. The smallest absolute Gasteiger partial charge is 0.326 e. The summed E-state index contributed by atoms with van der Waals surface area (Å²) in [5.74, 6) is -0.802. The van der Waals surface area contributed by atoms with E-state index in [1.807, 2.05) is 6.26 Å². The number of thioether (sulfide) groups is 1. The first-order valence-corrected chi connectivity index (χ1v) is 7.42. The van der Waals surface area contributed by atoms with Gasteiger partial charge in [-0.1, -0.05) is 11.3 Å². The number of hydrogen-bond donors (Lipinski definition) is 3. The van der Waals surface area contributed by atoms with Gasteiger partial charge in [-0.05, 0) is 25.4 Å². The summed E-state index contributed by atoms with van der Waals surface area (Å²) in [5, 5.41) is 11.8. The maximum Gasteiger partial charge on any atom is 0.326 e. The lowest BCUT2D eigenvalue weighted by atomic mass is 10.2. The summed E-state index contributed by atoms with van der Waals surface area (Å²) in [6, 6.07) is -0.882. The predicted octanol–water partition coefficient (Wildman–Crippen LogP) is 0.970. The number of nitrogen functional groups attached to an aromatic ring is 1. The van der Waals surface area contributed by atoms with Crippen LogP contribution in [0.25, 0.3) is 0 Å². The second-order valence-electron chi connectivity index (χ2n) is 3.61. The normalized spacial score (nSPS) is 12.1. The van der Waals surface area contributed by atoms with E-state index in [1.54, 1.807) is 6.92 Å². The Labute approximate surface area is 113 Å². The minimum atomic E-state index is -1.03. The summed E-state index contributed by atoms with van der Waals surface area (Å²) >= 11 is 2.59. The molecule has 1 atom stereocenters. The Bertz CT molecular complexity index is 448. The highest BCUT2D eigenvalue weighted by Gasteiger charge is 2.22. The topological polar surface area (TPSA) is 105 Å². The number of nitrogens with zero attached hydrogens (tertiary/aromatic N) is 1. The summed E-state index contributed by atoms with van der Waals surface area (Å²) in [5.41, 5.74) is 6.01. The molecule has 1 aromatic rings. The molecule has 8 heteroatoms. The van der Waals surface area contributed by atoms with Crippen LogP contribution in [0.15, 0.2) is 0 Å². The molecule has 1 rings (SSSR count). The standard InChI is InChI=1S/C10H15N3O3S2/c1-5-7(18-10(11)12-5)8(14)13-6(9(15)16)3-4-17-2/h6H,3-4H2,1-2H3,(H2,11,12)(H,13,14)(H,15,16). The van der Waals surface area contributed by atoms with Gasteiger partial charge in [0.25, 0.3) is 5.91 Å². The van der Waals surface area contributed by atoms with Crippen molar-refractivity contribution >= 4 is 40.1 Å². The number of carboxylic acid groups (broad SMARTS) is 1. The molecule has 4 N–H and O–H groups in total. The van der Waals surface area contributed by atoms with E-state index in [0.29, 0.717) is 27.9 Å². The van der Waals surface area contributed by atoms with Gasteiger partial charge in [-0.2, -0.15) is 11.8 Å². The van der Waals surface area contributed by atoms with Crippen molar-refractivity contribution in [3.8, 4) is 0 Å². The summed E-state index contributed by atoms with van der Waals surface area (Å²) < 4.78 is 0. The number of carbonyl (C=O) groups is 2. The highest BCUT2D eigenvalue weighted by Crippen LogP contribution is 2.19. The Hall–Kier alpha value is -1.28. The first-order valence-electron chi connectivity index (χ1n) is 5.21. The fourth-order valence-electron chi connectivity index (χ4n) is 1.34. The molecule has 6 nitrogen and oxygen atoms in total. The summed E-state index contributed by atoms with van der Waals surface area (Å²) in [7, 11) is 0. The molecule has 18 heavy (non-hydrogen) atoms. The van der Waals surface area contributed by atoms with Crippen LogP contribution in [-0.2, 0) is 4.79 Å². The van der Waals surface area contributed by atoms with E-state index >= 15 is 0 Å². The number of aromatic nitrogens is 1. The van der Waals surface area contributed by atoms with Crippen molar-refractivity contribution in [2.75, 3.05) is 17.7 Å². The van der Waals surface area contributed by atoms with Crippen molar-refractivity contribution in [2.24, 2.45) is 0 Å². The number of hydrogen-bond acceptors (Lipinski definition) is 6. The molecule has 1 heterocycles. The average Bonchev–Trinajstić information content (AvgIpc) is 2.63. The zero-order valence-electron chi connectivity index (χ0n) is 10.1. The van der Waals surface area contributed by atoms with E-state index in [2.05, 4.69) is 10.3 Å². The average molecular weight is 289 g/mol. The third-order valence-corrected chi connectivity index (χ3v) is 3.86. The first kappa shape index (κ1) is 14.8. The van der Waals surface area contributed by atoms with E-state index in [9.17, 15) is 9.59 Å². The molecule has 0 aromatic carbocycles. The molecular weight excluding hydrogens is 274 g/mol. The van der Waals surface area contributed by atoms with Crippen LogP contribution in [-0.4, -0.2) is 40.0 Å². The van der Waals surface area contributed by atoms with Gasteiger partial charge in [0.2, 0.25) is 0 Å². The number of anilines is 1. The van der Waals surface area contributed by atoms with Crippen LogP contribution in [0.5, 0.6) is 0 Å². The molecular formula is C10H15N3O3S2. The SMILES string of the molecule is CSCCC(NC(=O)c1sc(N)nc1C)C(=O)O. The number of carbonyl (C=O) groups excluding carboxylic acids is 1. The van der Waals surface area contributed by atoms with Gasteiger partial charge < -0.3 is 16.2 Å². The molecule has 1 aromatic heterocycles. The fraction of sp³-hybridized carbons (Fsp3) is 0.500. The van der Waals surface area contributed by atoms with E-state index in [-0.39, 0.29) is 0 Å². The van der Waals surface area contributed by atoms with Crippen LogP contribution in [0.2, 0.25) is 0 Å². The molecule has 0 aliphatic carbocycles. The van der Waals surface area contributed by atoms with Gasteiger partial charge in [0.05, 0.1) is 5.69 Å². The molecule has 1 amide bonds. The van der Waals surface area contributed by atoms with Crippen LogP contribution < -0.4 is 11.1 Å². The van der Waals surface area contributed by atoms with Gasteiger partial charge in [0.15, 0.2) is 5.13 Å². The maximum atomic E-state index is 11.9. The number of nitrogens with two attached hydrogens (primary N) is 1. The van der Waals surface area contributed by atoms with Crippen LogP contribution in [0.1, 0.15) is 21.8 Å². The maximum absolute atomic E-state index is 11.9. The number of aryl methyl sites for hydroxylation is 1. The van der Waals surface area contributed by atoms with Gasteiger partial charge in [0, 0.05) is 0 Å². The lowest BCUT2D eigenvalue weighted by molar-refractivity contribution is -0.139. The number of nitrogens with one attached hydrogen (secondary N) is 1. The lowest BCUT2D eigenvalue weighted by Crippen LogP contribution is -2.41. The molecule has 0 saturated carbocycles. The van der Waals surface area contributed by atoms with Gasteiger partial charge in [-0.25, -0.2) is 9.78 Å². The molecule has 0 aliphatic rings. The minimum Gasteiger partial charge on any atom is -0.480 e. The monoisotopic (exact) mass is 289 g/mol. The quantitative estimate of drug-likeness (QED) is 0.720. The fourth-order valence-corrected chi connectivity index (χ4v) is 2.55. The van der Waals surface area contributed by atoms with E-state index < -0.39 is 17.9 Å². The second kappa shape index (κ2) is 6.60. The molecule has 0 aliphatic heterocycles. The zero-order chi connectivity index (χ0) is 13.7. The summed E-state index contributed by atoms with van der Waals surface area (Å²) in [4.78, 5) is 27.2. The first-order chi connectivity index (χ1) is 8.45. The van der Waals surface area contributed by atoms with Gasteiger partial charge >= 0.3 is 5.97 Å². The van der Waals surface area contributed by atoms with Crippen LogP contribution in [0.3, 0.4) is 0 Å². The van der Waals surface area contributed by atoms with Crippen molar-refractivity contribution in [1.29, 1.82) is 0 Å². The number of carboxylic acids is 1. The molecule has 0 saturated heterocycles. The zero-order valence-corrected chi connectivity index (χ0v) is 11.7. The molecule has 0 fully saturated rings. The van der Waals surface area contributed by atoms with Crippen LogP contribution >= 0.6 is 23.1 Å². The van der Waals surface area contributed by atoms with Crippen LogP contribution in [0.4, 0.5) is 5.13 Å². The third kappa shape index (κ3) is 3.88. The third-order valence-electron chi connectivity index (χ3n) is 2.23. The van der Waals surface area contributed by atoms with E-state index in [4.69, 9.17) is 10.8 Å². The van der Waals surface area contributed by atoms with E-state index in [0.717, 1.165) is 11.3 Å². The Morgan fingerprint density at radius 3 is 2.72 bits per heavy atom. The summed E-state index contributed by atoms with van der Waals surface area (Å²) in [6.45, 7) is 1.67. The lowest BCUT2D eigenvalue weighted by Gasteiger charge is -2.13. The second-order valence-corrected chi connectivity index (χ2v) is 5.63.